The quantitative estimate of drug-likeness (QED) is 0.341. The van der Waals surface area contributed by atoms with Crippen molar-refractivity contribution in [2.45, 2.75) is 6.54 Å². The number of benzene rings is 3. The molecule has 2 N–H and O–H groups in total. The summed E-state index contributed by atoms with van der Waals surface area (Å²) in [6, 6.07) is 23.5. The molecule has 0 heterocycles. The molecule has 3 rings (SSSR count). The van der Waals surface area contributed by atoms with Gasteiger partial charge in [-0.2, -0.15) is 0 Å². The van der Waals surface area contributed by atoms with Crippen molar-refractivity contribution in [1.82, 2.24) is 4.90 Å². The van der Waals surface area contributed by atoms with Crippen LogP contribution < -0.4 is 10.6 Å². The monoisotopic (exact) mass is 501 g/mol. The summed E-state index contributed by atoms with van der Waals surface area (Å²) in [6.45, 7) is 1.84. The zero-order valence-corrected chi connectivity index (χ0v) is 19.9. The topological polar surface area (TPSA) is 79.9 Å². The molecule has 34 heavy (non-hydrogen) atoms. The summed E-state index contributed by atoms with van der Waals surface area (Å²) in [4.78, 5) is 26.2. The minimum Gasteiger partial charge on any atom is -0.448 e. The lowest BCUT2D eigenvalue weighted by atomic mass is 10.2. The van der Waals surface area contributed by atoms with Gasteiger partial charge in [0.15, 0.2) is 0 Å². The molecular formula is C25H25Cl2N3O4. The molecule has 0 aliphatic heterocycles. The Kier molecular flexibility index (Phi) is 10.0. The van der Waals surface area contributed by atoms with Crippen LogP contribution in [-0.4, -0.2) is 43.4 Å². The third-order valence-corrected chi connectivity index (χ3v) is 5.14. The van der Waals surface area contributed by atoms with E-state index >= 15 is 0 Å². The van der Waals surface area contributed by atoms with Crippen molar-refractivity contribution in [3.63, 3.8) is 0 Å². The number of rotatable bonds is 10. The molecule has 0 saturated carbocycles. The molecule has 0 aliphatic rings. The third-order valence-electron chi connectivity index (χ3n) is 4.67. The fourth-order valence-electron chi connectivity index (χ4n) is 3.09. The fourth-order valence-corrected chi connectivity index (χ4v) is 3.47. The van der Waals surface area contributed by atoms with Crippen molar-refractivity contribution < 1.29 is 19.1 Å². The highest BCUT2D eigenvalue weighted by Gasteiger charge is 2.11. The van der Waals surface area contributed by atoms with Gasteiger partial charge in [0.05, 0.1) is 0 Å². The lowest BCUT2D eigenvalue weighted by molar-refractivity contribution is 0.114. The van der Waals surface area contributed by atoms with Crippen LogP contribution in [0.1, 0.15) is 5.56 Å². The van der Waals surface area contributed by atoms with Gasteiger partial charge in [0.2, 0.25) is 0 Å². The number of carbonyl (C=O) groups excluding carboxylic acids is 2. The van der Waals surface area contributed by atoms with Crippen molar-refractivity contribution in [1.29, 1.82) is 0 Å². The first kappa shape index (κ1) is 25.4. The molecule has 178 valence electrons. The van der Waals surface area contributed by atoms with Crippen LogP contribution in [0.25, 0.3) is 0 Å². The van der Waals surface area contributed by atoms with Crippen LogP contribution >= 0.6 is 23.2 Å². The minimum atomic E-state index is -0.570. The number of amides is 2. The maximum atomic E-state index is 12.1. The summed E-state index contributed by atoms with van der Waals surface area (Å²) in [5, 5.41) is 6.32. The lowest BCUT2D eigenvalue weighted by Crippen LogP contribution is -2.32. The zero-order valence-electron chi connectivity index (χ0n) is 18.4. The molecule has 0 bridgehead atoms. The molecule has 7 nitrogen and oxygen atoms in total. The van der Waals surface area contributed by atoms with Gasteiger partial charge in [0.1, 0.15) is 13.2 Å². The molecule has 3 aromatic rings. The predicted molar refractivity (Wildman–Crippen MR) is 135 cm³/mol. The van der Waals surface area contributed by atoms with E-state index in [1.165, 1.54) is 0 Å². The SMILES string of the molecule is O=C(Nc1cccc(Cl)c1)OCCN(CCOC(=O)Nc1cccc(Cl)c1)Cc1ccccc1. The van der Waals surface area contributed by atoms with E-state index in [1.807, 2.05) is 35.2 Å². The zero-order chi connectivity index (χ0) is 24.2. The molecule has 0 unspecified atom stereocenters. The third kappa shape index (κ3) is 9.31. The highest BCUT2D eigenvalue weighted by Crippen LogP contribution is 2.16. The van der Waals surface area contributed by atoms with E-state index in [9.17, 15) is 9.59 Å². The average molecular weight is 502 g/mol. The van der Waals surface area contributed by atoms with Crippen molar-refractivity contribution in [2.75, 3.05) is 36.9 Å². The molecule has 0 aliphatic carbocycles. The molecular weight excluding hydrogens is 477 g/mol. The van der Waals surface area contributed by atoms with Crippen molar-refractivity contribution >= 4 is 46.8 Å². The summed E-state index contributed by atoms with van der Waals surface area (Å²) in [5.74, 6) is 0. The van der Waals surface area contributed by atoms with Crippen LogP contribution in [0.4, 0.5) is 21.0 Å². The van der Waals surface area contributed by atoms with Crippen LogP contribution in [-0.2, 0) is 16.0 Å². The van der Waals surface area contributed by atoms with E-state index in [-0.39, 0.29) is 13.2 Å². The first-order valence-electron chi connectivity index (χ1n) is 10.6. The first-order valence-corrected chi connectivity index (χ1v) is 11.4. The molecule has 0 radical (unpaired) electrons. The number of ether oxygens (including phenoxy) is 2. The molecule has 0 aromatic heterocycles. The van der Waals surface area contributed by atoms with Gasteiger partial charge in [-0.1, -0.05) is 65.7 Å². The first-order chi connectivity index (χ1) is 16.5. The highest BCUT2D eigenvalue weighted by atomic mass is 35.5. The smallest absolute Gasteiger partial charge is 0.411 e. The number of hydrogen-bond donors (Lipinski definition) is 2. The van der Waals surface area contributed by atoms with Gasteiger partial charge in [-0.25, -0.2) is 9.59 Å². The number of nitrogens with zero attached hydrogens (tertiary/aromatic N) is 1. The Balaban J connectivity index is 1.46. The van der Waals surface area contributed by atoms with Crippen LogP contribution in [0.2, 0.25) is 10.0 Å². The molecule has 0 spiro atoms. The van der Waals surface area contributed by atoms with Crippen molar-refractivity contribution in [2.24, 2.45) is 0 Å². The molecule has 9 heteroatoms. The second-order valence-corrected chi connectivity index (χ2v) is 8.18. The average Bonchev–Trinajstić information content (AvgIpc) is 2.79. The molecule has 2 amide bonds. The van der Waals surface area contributed by atoms with Gasteiger partial charge < -0.3 is 9.47 Å². The molecule has 0 atom stereocenters. The lowest BCUT2D eigenvalue weighted by Gasteiger charge is -2.22. The predicted octanol–water partition coefficient (Wildman–Crippen LogP) is 6.29. The largest absolute Gasteiger partial charge is 0.448 e. The van der Waals surface area contributed by atoms with Gasteiger partial charge >= 0.3 is 12.2 Å². The van der Waals surface area contributed by atoms with Gasteiger partial charge in [-0.3, -0.25) is 15.5 Å². The number of anilines is 2. The van der Waals surface area contributed by atoms with E-state index in [1.54, 1.807) is 48.5 Å². The Hall–Kier alpha value is -3.26. The second-order valence-electron chi connectivity index (χ2n) is 7.30. The Morgan fingerprint density at radius 3 is 1.68 bits per heavy atom. The van der Waals surface area contributed by atoms with E-state index in [0.29, 0.717) is 41.1 Å². The Morgan fingerprint density at radius 2 is 1.21 bits per heavy atom. The Morgan fingerprint density at radius 1 is 0.706 bits per heavy atom. The van der Waals surface area contributed by atoms with Crippen LogP contribution in [0.15, 0.2) is 78.9 Å². The standard InChI is InChI=1S/C25H25Cl2N3O4/c26-20-8-4-10-22(16-20)28-24(31)33-14-12-30(18-19-6-2-1-3-7-19)13-15-34-25(32)29-23-11-5-9-21(27)17-23/h1-11,16-17H,12-15,18H2,(H,28,31)(H,29,32). The van der Waals surface area contributed by atoms with Crippen molar-refractivity contribution in [3.05, 3.63) is 94.5 Å². The molecule has 3 aromatic carbocycles. The van der Waals surface area contributed by atoms with E-state index < -0.39 is 12.2 Å². The summed E-state index contributed by atoms with van der Waals surface area (Å²) >= 11 is 11.9. The van der Waals surface area contributed by atoms with Gasteiger partial charge in [0.25, 0.3) is 0 Å². The fraction of sp³-hybridized carbons (Fsp3) is 0.200. The minimum absolute atomic E-state index is 0.161. The second kappa shape index (κ2) is 13.4. The molecule has 0 saturated heterocycles. The maximum absolute atomic E-state index is 12.1. The van der Waals surface area contributed by atoms with Crippen LogP contribution in [0, 0.1) is 0 Å². The molecule has 0 fully saturated rings. The summed E-state index contributed by atoms with van der Waals surface area (Å²) in [6.07, 6.45) is -1.14. The van der Waals surface area contributed by atoms with Gasteiger partial charge in [-0.05, 0) is 42.0 Å². The van der Waals surface area contributed by atoms with E-state index in [4.69, 9.17) is 32.7 Å². The van der Waals surface area contributed by atoms with E-state index in [2.05, 4.69) is 10.6 Å². The van der Waals surface area contributed by atoms with E-state index in [0.717, 1.165) is 5.56 Å². The highest BCUT2D eigenvalue weighted by molar-refractivity contribution is 6.31. The summed E-state index contributed by atoms with van der Waals surface area (Å²) in [5.41, 5.74) is 2.20. The number of nitrogens with one attached hydrogen (secondary N) is 2. The maximum Gasteiger partial charge on any atom is 0.411 e. The van der Waals surface area contributed by atoms with Crippen molar-refractivity contribution in [3.8, 4) is 0 Å². The Labute approximate surface area is 208 Å². The normalized spacial score (nSPS) is 10.6. The Bertz CT molecular complexity index is 1020. The number of halogens is 2. The van der Waals surface area contributed by atoms with Gasteiger partial charge in [-0.15, -0.1) is 0 Å². The van der Waals surface area contributed by atoms with Gasteiger partial charge in [0, 0.05) is 41.1 Å². The number of hydrogen-bond acceptors (Lipinski definition) is 5. The van der Waals surface area contributed by atoms with Crippen LogP contribution in [0.5, 0.6) is 0 Å². The summed E-state index contributed by atoms with van der Waals surface area (Å²) < 4.78 is 10.6. The summed E-state index contributed by atoms with van der Waals surface area (Å²) in [7, 11) is 0. The number of carbonyl (C=O) groups is 2. The van der Waals surface area contributed by atoms with Crippen LogP contribution in [0.3, 0.4) is 0 Å².